The summed E-state index contributed by atoms with van der Waals surface area (Å²) in [5, 5.41) is 4.32. The number of fused-ring (bicyclic) bond motifs is 1. The molecule has 5 rings (SSSR count). The summed E-state index contributed by atoms with van der Waals surface area (Å²) in [6.07, 6.45) is 6.14. The van der Waals surface area contributed by atoms with Crippen molar-refractivity contribution in [3.8, 4) is 5.75 Å². The van der Waals surface area contributed by atoms with Gasteiger partial charge in [-0.25, -0.2) is 0 Å². The fourth-order valence-electron chi connectivity index (χ4n) is 5.15. The molecule has 0 aliphatic heterocycles. The minimum Gasteiger partial charge on any atom is -0.497 e. The van der Waals surface area contributed by atoms with E-state index < -0.39 is 0 Å². The van der Waals surface area contributed by atoms with Crippen LogP contribution in [0.1, 0.15) is 47.4 Å². The van der Waals surface area contributed by atoms with E-state index in [0.29, 0.717) is 13.0 Å². The summed E-state index contributed by atoms with van der Waals surface area (Å²) in [4.78, 5) is 17.4. The molecule has 0 aliphatic carbocycles. The lowest BCUT2D eigenvalue weighted by molar-refractivity contribution is -0.121. The highest BCUT2D eigenvalue weighted by atomic mass is 16.5. The van der Waals surface area contributed by atoms with Crippen molar-refractivity contribution in [1.29, 1.82) is 0 Å². The molecule has 0 radical (unpaired) electrons. The highest BCUT2D eigenvalue weighted by Gasteiger charge is 2.27. The highest BCUT2D eigenvalue weighted by Crippen LogP contribution is 2.40. The maximum absolute atomic E-state index is 13.3. The number of aromatic nitrogens is 2. The summed E-state index contributed by atoms with van der Waals surface area (Å²) in [6.45, 7) is 3.46. The van der Waals surface area contributed by atoms with E-state index in [1.807, 2.05) is 30.3 Å². The molecular formula is C33H33N3O2. The van der Waals surface area contributed by atoms with E-state index in [4.69, 9.17) is 4.74 Å². The van der Waals surface area contributed by atoms with Crippen LogP contribution in [0.15, 0.2) is 110 Å². The van der Waals surface area contributed by atoms with Crippen molar-refractivity contribution in [2.24, 2.45) is 0 Å². The van der Waals surface area contributed by atoms with Crippen LogP contribution in [0.2, 0.25) is 0 Å². The Bertz CT molecular complexity index is 1480. The number of nitrogens with zero attached hydrogens (tertiary/aromatic N) is 2. The smallest absolute Gasteiger partial charge is 0.220 e. The first-order valence-corrected chi connectivity index (χ1v) is 13.0. The third kappa shape index (κ3) is 5.78. The van der Waals surface area contributed by atoms with Gasteiger partial charge in [-0.2, -0.15) is 0 Å². The zero-order valence-corrected chi connectivity index (χ0v) is 21.9. The van der Waals surface area contributed by atoms with Crippen molar-refractivity contribution in [2.75, 3.05) is 7.11 Å². The Labute approximate surface area is 224 Å². The molecule has 1 N–H and O–H groups in total. The Kier molecular flexibility index (Phi) is 7.84. The molecular weight excluding hydrogens is 470 g/mol. The molecule has 0 saturated carbocycles. The first-order chi connectivity index (χ1) is 18.6. The van der Waals surface area contributed by atoms with E-state index in [-0.39, 0.29) is 17.7 Å². The summed E-state index contributed by atoms with van der Waals surface area (Å²) < 4.78 is 7.63. The van der Waals surface area contributed by atoms with Gasteiger partial charge in [-0.1, -0.05) is 67.6 Å². The van der Waals surface area contributed by atoms with Crippen molar-refractivity contribution in [2.45, 2.75) is 38.3 Å². The van der Waals surface area contributed by atoms with Crippen LogP contribution >= 0.6 is 0 Å². The van der Waals surface area contributed by atoms with Crippen molar-refractivity contribution in [3.63, 3.8) is 0 Å². The third-order valence-corrected chi connectivity index (χ3v) is 7.30. The van der Waals surface area contributed by atoms with Crippen LogP contribution in [0.3, 0.4) is 0 Å². The number of carbonyl (C=O) groups excluding carboxylic acids is 1. The lowest BCUT2D eigenvalue weighted by Crippen LogP contribution is -2.26. The van der Waals surface area contributed by atoms with Gasteiger partial charge in [-0.15, -0.1) is 0 Å². The van der Waals surface area contributed by atoms with Gasteiger partial charge in [0.2, 0.25) is 5.91 Å². The molecule has 5 aromatic rings. The van der Waals surface area contributed by atoms with E-state index in [1.165, 1.54) is 27.6 Å². The fourth-order valence-corrected chi connectivity index (χ4v) is 5.15. The summed E-state index contributed by atoms with van der Waals surface area (Å²) in [5.74, 6) is 1.06. The number of carbonyl (C=O) groups is 1. The number of hydrogen-bond acceptors (Lipinski definition) is 3. The topological polar surface area (TPSA) is 56.1 Å². The zero-order valence-electron chi connectivity index (χ0n) is 21.9. The Morgan fingerprint density at radius 2 is 1.61 bits per heavy atom. The average Bonchev–Trinajstić information content (AvgIpc) is 3.34. The lowest BCUT2D eigenvalue weighted by atomic mass is 9.80. The van der Waals surface area contributed by atoms with E-state index >= 15 is 0 Å². The van der Waals surface area contributed by atoms with Crippen molar-refractivity contribution < 1.29 is 9.53 Å². The molecule has 2 heterocycles. The predicted octanol–water partition coefficient (Wildman–Crippen LogP) is 6.69. The van der Waals surface area contributed by atoms with E-state index in [9.17, 15) is 4.79 Å². The number of ether oxygens (including phenoxy) is 1. The summed E-state index contributed by atoms with van der Waals surface area (Å²) in [6, 6.07) is 31.0. The number of hydrogen-bond donors (Lipinski definition) is 1. The van der Waals surface area contributed by atoms with E-state index in [1.54, 1.807) is 19.5 Å². The van der Waals surface area contributed by atoms with Crippen LogP contribution in [0.5, 0.6) is 5.75 Å². The number of amides is 1. The molecule has 0 aliphatic rings. The maximum atomic E-state index is 13.3. The van der Waals surface area contributed by atoms with Gasteiger partial charge >= 0.3 is 0 Å². The summed E-state index contributed by atoms with van der Waals surface area (Å²) >= 11 is 0. The summed E-state index contributed by atoms with van der Waals surface area (Å²) in [7, 11) is 1.68. The molecule has 3 aromatic carbocycles. The van der Waals surface area contributed by atoms with E-state index in [2.05, 4.69) is 88.7 Å². The molecule has 2 atom stereocenters. The Morgan fingerprint density at radius 1 is 0.895 bits per heavy atom. The quantitative estimate of drug-likeness (QED) is 0.231. The largest absolute Gasteiger partial charge is 0.497 e. The average molecular weight is 504 g/mol. The molecule has 2 aromatic heterocycles. The van der Waals surface area contributed by atoms with Gasteiger partial charge in [0.25, 0.3) is 0 Å². The monoisotopic (exact) mass is 503 g/mol. The van der Waals surface area contributed by atoms with Gasteiger partial charge in [-0.05, 0) is 58.5 Å². The normalized spacial score (nSPS) is 12.7. The Morgan fingerprint density at radius 3 is 2.34 bits per heavy atom. The van der Waals surface area contributed by atoms with Gasteiger partial charge in [-0.3, -0.25) is 9.78 Å². The molecule has 5 nitrogen and oxygen atoms in total. The standard InChI is InChI=1S/C33H33N3O2/c1-24(27-8-4-3-5-9-27)30(20-33(37)35-21-25-16-18-34-19-17-25)31-23-36(32-11-7-6-10-29(31)32)22-26-12-14-28(38-2)15-13-26/h3-19,23-24,30H,20-22H2,1-2H3,(H,35,37)/t24-,30-/m1/s1. The SMILES string of the molecule is COc1ccc(Cn2cc([C@H](CC(=O)NCc3ccncc3)[C@H](C)c3ccccc3)c3ccccc32)cc1. The molecule has 1 amide bonds. The molecule has 0 unspecified atom stereocenters. The fraction of sp³-hybridized carbons (Fsp3) is 0.212. The lowest BCUT2D eigenvalue weighted by Gasteiger charge is -2.24. The number of methoxy groups -OCH3 is 1. The van der Waals surface area contributed by atoms with Crippen molar-refractivity contribution >= 4 is 16.8 Å². The maximum Gasteiger partial charge on any atom is 0.220 e. The first kappa shape index (κ1) is 25.3. The predicted molar refractivity (Wildman–Crippen MR) is 152 cm³/mol. The van der Waals surface area contributed by atoms with Gasteiger partial charge in [0.15, 0.2) is 0 Å². The third-order valence-electron chi connectivity index (χ3n) is 7.30. The molecule has 0 bridgehead atoms. The van der Waals surface area contributed by atoms with Crippen LogP contribution in [-0.4, -0.2) is 22.6 Å². The number of benzene rings is 3. The highest BCUT2D eigenvalue weighted by molar-refractivity contribution is 5.86. The van der Waals surface area contributed by atoms with Crippen LogP contribution < -0.4 is 10.1 Å². The number of para-hydroxylation sites is 1. The van der Waals surface area contributed by atoms with Crippen LogP contribution in [0.4, 0.5) is 0 Å². The van der Waals surface area contributed by atoms with Crippen LogP contribution in [0, 0.1) is 0 Å². The Balaban J connectivity index is 1.48. The molecule has 192 valence electrons. The minimum atomic E-state index is 0.0110. The second-order valence-electron chi connectivity index (χ2n) is 9.72. The number of nitrogens with one attached hydrogen (secondary N) is 1. The van der Waals surface area contributed by atoms with Crippen LogP contribution in [-0.2, 0) is 17.9 Å². The summed E-state index contributed by atoms with van der Waals surface area (Å²) in [5.41, 5.74) is 5.83. The van der Waals surface area contributed by atoms with Gasteiger partial charge in [0.1, 0.15) is 5.75 Å². The minimum absolute atomic E-state index is 0.0110. The van der Waals surface area contributed by atoms with E-state index in [0.717, 1.165) is 17.9 Å². The van der Waals surface area contributed by atoms with Gasteiger partial charge in [0.05, 0.1) is 7.11 Å². The van der Waals surface area contributed by atoms with Crippen molar-refractivity contribution in [1.82, 2.24) is 14.9 Å². The molecule has 0 saturated heterocycles. The Hall–Kier alpha value is -4.38. The first-order valence-electron chi connectivity index (χ1n) is 13.0. The molecule has 38 heavy (non-hydrogen) atoms. The molecule has 0 spiro atoms. The second kappa shape index (κ2) is 11.8. The molecule has 0 fully saturated rings. The molecule has 5 heteroatoms. The van der Waals surface area contributed by atoms with Crippen molar-refractivity contribution in [3.05, 3.63) is 132 Å². The van der Waals surface area contributed by atoms with Gasteiger partial charge < -0.3 is 14.6 Å². The van der Waals surface area contributed by atoms with Gasteiger partial charge in [0, 0.05) is 54.9 Å². The zero-order chi connectivity index (χ0) is 26.3. The number of pyridine rings is 1. The number of rotatable bonds is 10. The second-order valence-corrected chi connectivity index (χ2v) is 9.72. The van der Waals surface area contributed by atoms with Crippen LogP contribution in [0.25, 0.3) is 10.9 Å².